The number of amides is 1. The molecule has 0 atom stereocenters. The third kappa shape index (κ3) is 3.41. The number of nitrogens with zero attached hydrogens (tertiary/aromatic N) is 1. The third-order valence-electron chi connectivity index (χ3n) is 4.21. The lowest BCUT2D eigenvalue weighted by Gasteiger charge is -2.10. The Morgan fingerprint density at radius 3 is 2.71 bits per heavy atom. The van der Waals surface area contributed by atoms with E-state index in [-0.39, 0.29) is 16.6 Å². The summed E-state index contributed by atoms with van der Waals surface area (Å²) in [5.74, 6) is -0.422. The summed E-state index contributed by atoms with van der Waals surface area (Å²) in [7, 11) is 0. The van der Waals surface area contributed by atoms with Crippen molar-refractivity contribution in [3.63, 3.8) is 0 Å². The molecule has 2 aromatic carbocycles. The van der Waals surface area contributed by atoms with Gasteiger partial charge in [-0.2, -0.15) is 0 Å². The summed E-state index contributed by atoms with van der Waals surface area (Å²) in [5, 5.41) is 5.18. The van der Waals surface area contributed by atoms with Crippen LogP contribution in [0.3, 0.4) is 0 Å². The lowest BCUT2D eigenvalue weighted by molar-refractivity contribution is 0.102. The highest BCUT2D eigenvalue weighted by Crippen LogP contribution is 2.26. The highest BCUT2D eigenvalue weighted by molar-refractivity contribution is 7.13. The number of anilines is 1. The van der Waals surface area contributed by atoms with Gasteiger partial charge in [-0.3, -0.25) is 14.9 Å². The Hall–Kier alpha value is -3.39. The van der Waals surface area contributed by atoms with Gasteiger partial charge >= 0.3 is 0 Å². The number of para-hydroxylation sites is 1. The van der Waals surface area contributed by atoms with Crippen LogP contribution >= 0.6 is 11.3 Å². The number of rotatable bonds is 4. The summed E-state index contributed by atoms with van der Waals surface area (Å²) in [6.45, 7) is 0. The topological polar surface area (TPSA) is 74.8 Å². The Morgan fingerprint density at radius 1 is 1.14 bits per heavy atom. The van der Waals surface area contributed by atoms with Gasteiger partial charge in [0.1, 0.15) is 0 Å². The number of hydrogen-bond donors (Lipinski definition) is 2. The number of carbonyl (C=O) groups is 1. The Bertz CT molecular complexity index is 1220. The maximum atomic E-state index is 13.0. The number of aromatic nitrogens is 2. The molecule has 1 amide bonds. The molecule has 0 bridgehead atoms. The number of nitrogens with one attached hydrogen (secondary N) is 2. The van der Waals surface area contributed by atoms with Crippen LogP contribution in [0.15, 0.2) is 64.9 Å². The van der Waals surface area contributed by atoms with E-state index < -0.39 is 12.3 Å². The van der Waals surface area contributed by atoms with Crippen molar-refractivity contribution in [2.45, 2.75) is 6.43 Å². The number of benzene rings is 2. The number of aromatic amines is 1. The number of halogens is 2. The van der Waals surface area contributed by atoms with E-state index in [4.69, 9.17) is 0 Å². The smallest absolute Gasteiger partial charge is 0.263 e. The van der Waals surface area contributed by atoms with Crippen LogP contribution in [0.25, 0.3) is 22.2 Å². The van der Waals surface area contributed by atoms with E-state index in [1.807, 2.05) is 0 Å². The number of alkyl halides is 2. The van der Waals surface area contributed by atoms with Crippen molar-refractivity contribution in [2.75, 3.05) is 5.32 Å². The number of thiazole rings is 1. The second-order valence-electron chi connectivity index (χ2n) is 5.99. The van der Waals surface area contributed by atoms with Crippen LogP contribution in [0.2, 0.25) is 0 Å². The van der Waals surface area contributed by atoms with Crippen molar-refractivity contribution < 1.29 is 13.6 Å². The van der Waals surface area contributed by atoms with E-state index in [0.717, 1.165) is 0 Å². The quantitative estimate of drug-likeness (QED) is 0.517. The zero-order chi connectivity index (χ0) is 19.7. The van der Waals surface area contributed by atoms with Crippen molar-refractivity contribution >= 4 is 33.3 Å². The van der Waals surface area contributed by atoms with E-state index in [2.05, 4.69) is 15.3 Å². The molecular formula is C20H13F2N3O2S. The summed E-state index contributed by atoms with van der Waals surface area (Å²) in [6.07, 6.45) is -1.05. The molecule has 0 aliphatic rings. The van der Waals surface area contributed by atoms with Gasteiger partial charge in [-0.05, 0) is 23.8 Å². The SMILES string of the molecule is O=C(Nc1nccs1)c1cccc2c(=O)cc(-c3cccc(C(F)F)c3)[nH]c12. The van der Waals surface area contributed by atoms with Crippen LogP contribution in [-0.4, -0.2) is 15.9 Å². The molecule has 2 N–H and O–H groups in total. The maximum absolute atomic E-state index is 13.0. The first-order valence-corrected chi connectivity index (χ1v) is 9.16. The minimum absolute atomic E-state index is 0.145. The normalized spacial score (nSPS) is 11.1. The molecule has 0 aliphatic carbocycles. The third-order valence-corrected chi connectivity index (χ3v) is 4.90. The van der Waals surface area contributed by atoms with Crippen molar-refractivity contribution in [2.24, 2.45) is 0 Å². The Morgan fingerprint density at radius 2 is 1.96 bits per heavy atom. The summed E-state index contributed by atoms with van der Waals surface area (Å²) in [6, 6.07) is 11.9. The van der Waals surface area contributed by atoms with E-state index in [9.17, 15) is 18.4 Å². The van der Waals surface area contributed by atoms with Gasteiger partial charge in [-0.15, -0.1) is 11.3 Å². The predicted molar refractivity (Wildman–Crippen MR) is 105 cm³/mol. The number of H-pyrrole nitrogens is 1. The van der Waals surface area contributed by atoms with Gasteiger partial charge < -0.3 is 4.98 Å². The Labute approximate surface area is 161 Å². The average Bonchev–Trinajstić information content (AvgIpc) is 3.20. The van der Waals surface area contributed by atoms with Crippen molar-refractivity contribution in [3.05, 3.63) is 81.5 Å². The molecule has 4 rings (SSSR count). The van der Waals surface area contributed by atoms with E-state index in [0.29, 0.717) is 27.3 Å². The molecule has 0 aliphatic heterocycles. The minimum atomic E-state index is -2.62. The summed E-state index contributed by atoms with van der Waals surface area (Å²) >= 11 is 1.27. The van der Waals surface area contributed by atoms with Crippen LogP contribution in [0.1, 0.15) is 22.3 Å². The highest BCUT2D eigenvalue weighted by Gasteiger charge is 2.15. The molecule has 0 saturated carbocycles. The molecule has 0 radical (unpaired) electrons. The van der Waals surface area contributed by atoms with Crippen LogP contribution < -0.4 is 10.7 Å². The van der Waals surface area contributed by atoms with Crippen LogP contribution in [0.4, 0.5) is 13.9 Å². The zero-order valence-electron chi connectivity index (χ0n) is 14.3. The van der Waals surface area contributed by atoms with Gasteiger partial charge in [0.2, 0.25) is 0 Å². The van der Waals surface area contributed by atoms with Gasteiger partial charge in [-0.1, -0.05) is 24.3 Å². The number of hydrogen-bond acceptors (Lipinski definition) is 4. The van der Waals surface area contributed by atoms with Crippen LogP contribution in [0, 0.1) is 0 Å². The molecule has 8 heteroatoms. The standard InChI is InChI=1S/C20H13F2N3O2S/c21-18(22)12-4-1-3-11(9-12)15-10-16(26)13-5-2-6-14(17(13)24-15)19(27)25-20-23-7-8-28-20/h1-10,18H,(H,24,26)(H,23,25,27). The van der Waals surface area contributed by atoms with Crippen LogP contribution in [0.5, 0.6) is 0 Å². The summed E-state index contributed by atoms with van der Waals surface area (Å²) < 4.78 is 26.0. The van der Waals surface area contributed by atoms with E-state index in [1.54, 1.807) is 35.8 Å². The number of fused-ring (bicyclic) bond motifs is 1. The molecular weight excluding hydrogens is 384 g/mol. The van der Waals surface area contributed by atoms with Gasteiger partial charge in [0.25, 0.3) is 12.3 Å². The summed E-state index contributed by atoms with van der Waals surface area (Å²) in [5.41, 5.74) is 0.933. The Balaban J connectivity index is 1.84. The first-order valence-electron chi connectivity index (χ1n) is 8.28. The first kappa shape index (κ1) is 18.0. The van der Waals surface area contributed by atoms with E-state index in [1.165, 1.54) is 35.6 Å². The van der Waals surface area contributed by atoms with Gasteiger partial charge in [0.05, 0.1) is 11.1 Å². The lowest BCUT2D eigenvalue weighted by atomic mass is 10.0. The van der Waals surface area contributed by atoms with E-state index >= 15 is 0 Å². The molecule has 2 heterocycles. The molecule has 140 valence electrons. The van der Waals surface area contributed by atoms with Gasteiger partial charge in [0, 0.05) is 34.3 Å². The molecule has 0 fully saturated rings. The molecule has 28 heavy (non-hydrogen) atoms. The minimum Gasteiger partial charge on any atom is -0.354 e. The second kappa shape index (κ2) is 7.32. The average molecular weight is 397 g/mol. The first-order chi connectivity index (χ1) is 13.5. The number of pyridine rings is 1. The zero-order valence-corrected chi connectivity index (χ0v) is 15.1. The highest BCUT2D eigenvalue weighted by atomic mass is 32.1. The van der Waals surface area contributed by atoms with Crippen molar-refractivity contribution in [1.29, 1.82) is 0 Å². The fourth-order valence-electron chi connectivity index (χ4n) is 2.91. The van der Waals surface area contributed by atoms with Crippen molar-refractivity contribution in [3.8, 4) is 11.3 Å². The van der Waals surface area contributed by atoms with Crippen molar-refractivity contribution in [1.82, 2.24) is 9.97 Å². The fourth-order valence-corrected chi connectivity index (χ4v) is 3.43. The maximum Gasteiger partial charge on any atom is 0.263 e. The van der Waals surface area contributed by atoms with Gasteiger partial charge in [-0.25, -0.2) is 13.8 Å². The monoisotopic (exact) mass is 397 g/mol. The molecule has 2 aromatic heterocycles. The molecule has 4 aromatic rings. The molecule has 0 saturated heterocycles. The number of carbonyl (C=O) groups excluding carboxylic acids is 1. The Kier molecular flexibility index (Phi) is 4.70. The predicted octanol–water partition coefficient (Wildman–Crippen LogP) is 4.84. The van der Waals surface area contributed by atoms with Crippen LogP contribution in [-0.2, 0) is 0 Å². The van der Waals surface area contributed by atoms with Gasteiger partial charge in [0.15, 0.2) is 10.6 Å². The molecule has 0 spiro atoms. The molecule has 5 nitrogen and oxygen atoms in total. The largest absolute Gasteiger partial charge is 0.354 e. The summed E-state index contributed by atoms with van der Waals surface area (Å²) in [4.78, 5) is 32.3. The lowest BCUT2D eigenvalue weighted by Crippen LogP contribution is -2.14. The fraction of sp³-hybridized carbons (Fsp3) is 0.0500. The molecule has 0 unspecified atom stereocenters. The second-order valence-corrected chi connectivity index (χ2v) is 6.89.